The molecule has 3 aliphatic heterocycles. The molecule has 0 bridgehead atoms. The number of benzene rings is 2. The molecule has 0 radical (unpaired) electrons. The molecular formula is C24H30N4. The van der Waals surface area contributed by atoms with Gasteiger partial charge < -0.3 is 15.5 Å². The van der Waals surface area contributed by atoms with Crippen LogP contribution in [0.25, 0.3) is 0 Å². The van der Waals surface area contributed by atoms with Crippen LogP contribution in [0.3, 0.4) is 0 Å². The van der Waals surface area contributed by atoms with E-state index < -0.39 is 0 Å². The van der Waals surface area contributed by atoms with Gasteiger partial charge in [0.2, 0.25) is 0 Å². The van der Waals surface area contributed by atoms with Crippen molar-refractivity contribution in [3.63, 3.8) is 0 Å². The highest BCUT2D eigenvalue weighted by atomic mass is 15.1. The molecule has 0 unspecified atom stereocenters. The third kappa shape index (κ3) is 3.42. The number of aliphatic imine (C=N–C) groups is 1. The van der Waals surface area contributed by atoms with Crippen molar-refractivity contribution in [1.82, 2.24) is 5.32 Å². The van der Waals surface area contributed by atoms with Gasteiger partial charge in [-0.15, -0.1) is 0 Å². The number of nitrogens with zero attached hydrogens (tertiary/aromatic N) is 2. The molecule has 2 aromatic carbocycles. The predicted octanol–water partition coefficient (Wildman–Crippen LogP) is 4.22. The summed E-state index contributed by atoms with van der Waals surface area (Å²) in [4.78, 5) is 7.66. The Morgan fingerprint density at radius 3 is 2.64 bits per heavy atom. The van der Waals surface area contributed by atoms with Gasteiger partial charge in [0.1, 0.15) is 5.84 Å². The Morgan fingerprint density at radius 2 is 1.79 bits per heavy atom. The average molecular weight is 375 g/mol. The molecule has 4 nitrogen and oxygen atoms in total. The topological polar surface area (TPSA) is 39.7 Å². The molecule has 2 aromatic rings. The molecule has 0 saturated carbocycles. The average Bonchev–Trinajstić information content (AvgIpc) is 3.28. The number of fused-ring (bicyclic) bond motifs is 1. The van der Waals surface area contributed by atoms with Crippen LogP contribution in [0.5, 0.6) is 0 Å². The largest absolute Gasteiger partial charge is 0.372 e. The van der Waals surface area contributed by atoms with Gasteiger partial charge in [-0.25, -0.2) is 0 Å². The van der Waals surface area contributed by atoms with Gasteiger partial charge in [-0.1, -0.05) is 30.3 Å². The predicted molar refractivity (Wildman–Crippen MR) is 117 cm³/mol. The van der Waals surface area contributed by atoms with Gasteiger partial charge in [-0.3, -0.25) is 4.99 Å². The second kappa shape index (κ2) is 7.59. The summed E-state index contributed by atoms with van der Waals surface area (Å²) < 4.78 is 0. The lowest BCUT2D eigenvalue weighted by molar-refractivity contribution is 0.293. The number of hydrogen-bond acceptors (Lipinski definition) is 3. The molecule has 3 aliphatic rings. The fraction of sp³-hybridized carbons (Fsp3) is 0.458. The monoisotopic (exact) mass is 374 g/mol. The second-order valence-electron chi connectivity index (χ2n) is 8.52. The lowest BCUT2D eigenvalue weighted by atomic mass is 9.71. The number of anilines is 2. The Balaban J connectivity index is 1.42. The van der Waals surface area contributed by atoms with Gasteiger partial charge in [-0.2, -0.15) is 0 Å². The number of amidine groups is 1. The Hall–Kier alpha value is -2.33. The standard InChI is InChI=1S/C24H30N4/c1-2-9-22-20(7-1)17-24(10-12-25-13-11-24)23(27-22)26-18-19-6-5-8-21(16-19)28-14-3-4-15-28/h1-2,5-9,16,25H,3-4,10-15,17-18H2,(H,26,27). The lowest BCUT2D eigenvalue weighted by Crippen LogP contribution is -2.48. The van der Waals surface area contributed by atoms with Gasteiger partial charge in [0, 0.05) is 29.9 Å². The van der Waals surface area contributed by atoms with Crippen molar-refractivity contribution in [1.29, 1.82) is 0 Å². The van der Waals surface area contributed by atoms with E-state index in [0.29, 0.717) is 0 Å². The first kappa shape index (κ1) is 17.7. The molecular weight excluding hydrogens is 344 g/mol. The molecule has 28 heavy (non-hydrogen) atoms. The van der Waals surface area contributed by atoms with E-state index in [9.17, 15) is 0 Å². The van der Waals surface area contributed by atoms with Crippen molar-refractivity contribution in [2.24, 2.45) is 10.4 Å². The van der Waals surface area contributed by atoms with Crippen LogP contribution in [0.4, 0.5) is 11.4 Å². The molecule has 0 amide bonds. The van der Waals surface area contributed by atoms with E-state index in [1.165, 1.54) is 54.3 Å². The van der Waals surface area contributed by atoms with Crippen LogP contribution < -0.4 is 15.5 Å². The zero-order valence-electron chi connectivity index (χ0n) is 16.6. The van der Waals surface area contributed by atoms with Crippen LogP contribution in [0.15, 0.2) is 53.5 Å². The number of piperidine rings is 1. The third-order valence-corrected chi connectivity index (χ3v) is 6.66. The molecule has 0 aliphatic carbocycles. The minimum Gasteiger partial charge on any atom is -0.372 e. The van der Waals surface area contributed by atoms with Crippen molar-refractivity contribution < 1.29 is 0 Å². The maximum atomic E-state index is 5.16. The number of rotatable bonds is 3. The molecule has 2 fully saturated rings. The Morgan fingerprint density at radius 1 is 0.964 bits per heavy atom. The first-order chi connectivity index (χ1) is 13.8. The molecule has 0 aromatic heterocycles. The van der Waals surface area contributed by atoms with Crippen LogP contribution in [0.1, 0.15) is 36.8 Å². The molecule has 5 rings (SSSR count). The molecule has 2 N–H and O–H groups in total. The summed E-state index contributed by atoms with van der Waals surface area (Å²) in [6, 6.07) is 17.7. The number of hydrogen-bond donors (Lipinski definition) is 2. The van der Waals surface area contributed by atoms with Crippen LogP contribution >= 0.6 is 0 Å². The highest BCUT2D eigenvalue weighted by Crippen LogP contribution is 2.41. The highest BCUT2D eigenvalue weighted by molar-refractivity contribution is 6.02. The van der Waals surface area contributed by atoms with Crippen molar-refractivity contribution in [3.05, 3.63) is 59.7 Å². The smallest absolute Gasteiger partial charge is 0.108 e. The fourth-order valence-corrected chi connectivity index (χ4v) is 5.03. The Kier molecular flexibility index (Phi) is 4.81. The SMILES string of the molecule is c1cc(CN=C2Nc3ccccc3CC23CCNCC3)cc(N2CCCC2)c1. The minimum absolute atomic E-state index is 0.159. The van der Waals surface area contributed by atoms with Gasteiger partial charge in [0.05, 0.1) is 6.54 Å². The van der Waals surface area contributed by atoms with Crippen molar-refractivity contribution in [2.45, 2.75) is 38.6 Å². The quantitative estimate of drug-likeness (QED) is 0.845. The summed E-state index contributed by atoms with van der Waals surface area (Å²) in [6.45, 7) is 5.28. The van der Waals surface area contributed by atoms with Crippen LogP contribution in [0.2, 0.25) is 0 Å². The summed E-state index contributed by atoms with van der Waals surface area (Å²) in [7, 11) is 0. The number of para-hydroxylation sites is 1. The van der Waals surface area contributed by atoms with Gasteiger partial charge in [0.25, 0.3) is 0 Å². The normalized spacial score (nSPS) is 22.3. The first-order valence-electron chi connectivity index (χ1n) is 10.8. The van der Waals surface area contributed by atoms with Crippen molar-refractivity contribution >= 4 is 17.2 Å². The molecule has 4 heteroatoms. The van der Waals surface area contributed by atoms with E-state index in [-0.39, 0.29) is 5.41 Å². The summed E-state index contributed by atoms with van der Waals surface area (Å²) in [5.74, 6) is 1.19. The number of nitrogens with one attached hydrogen (secondary N) is 2. The van der Waals surface area contributed by atoms with E-state index in [2.05, 4.69) is 64.1 Å². The lowest BCUT2D eigenvalue weighted by Gasteiger charge is -2.42. The zero-order chi connectivity index (χ0) is 18.8. The van der Waals surface area contributed by atoms with Crippen LogP contribution in [-0.4, -0.2) is 32.0 Å². The van der Waals surface area contributed by atoms with Crippen LogP contribution in [-0.2, 0) is 13.0 Å². The van der Waals surface area contributed by atoms with E-state index in [4.69, 9.17) is 4.99 Å². The summed E-state index contributed by atoms with van der Waals surface area (Å²) in [6.07, 6.45) is 6.03. The van der Waals surface area contributed by atoms with Gasteiger partial charge >= 0.3 is 0 Å². The summed E-state index contributed by atoms with van der Waals surface area (Å²) in [5, 5.41) is 7.23. The zero-order valence-corrected chi connectivity index (χ0v) is 16.6. The fourth-order valence-electron chi connectivity index (χ4n) is 5.03. The van der Waals surface area contributed by atoms with E-state index in [0.717, 1.165) is 38.9 Å². The first-order valence-corrected chi connectivity index (χ1v) is 10.8. The summed E-state index contributed by atoms with van der Waals surface area (Å²) in [5.41, 5.74) is 5.48. The molecule has 1 spiro atoms. The van der Waals surface area contributed by atoms with Crippen molar-refractivity contribution in [2.75, 3.05) is 36.4 Å². The van der Waals surface area contributed by atoms with E-state index >= 15 is 0 Å². The minimum atomic E-state index is 0.159. The van der Waals surface area contributed by atoms with Gasteiger partial charge in [0.15, 0.2) is 0 Å². The molecule has 2 saturated heterocycles. The second-order valence-corrected chi connectivity index (χ2v) is 8.52. The van der Waals surface area contributed by atoms with Crippen molar-refractivity contribution in [3.8, 4) is 0 Å². The summed E-state index contributed by atoms with van der Waals surface area (Å²) >= 11 is 0. The Bertz CT molecular complexity index is 860. The maximum Gasteiger partial charge on any atom is 0.108 e. The van der Waals surface area contributed by atoms with E-state index in [1.54, 1.807) is 0 Å². The molecule has 146 valence electrons. The Labute approximate surface area is 168 Å². The van der Waals surface area contributed by atoms with Gasteiger partial charge in [-0.05, 0) is 74.5 Å². The maximum absolute atomic E-state index is 5.16. The molecule has 0 atom stereocenters. The highest BCUT2D eigenvalue weighted by Gasteiger charge is 2.40. The van der Waals surface area contributed by atoms with Crippen LogP contribution in [0, 0.1) is 5.41 Å². The third-order valence-electron chi connectivity index (χ3n) is 6.66. The molecule has 3 heterocycles. The van der Waals surface area contributed by atoms with E-state index in [1.807, 2.05) is 0 Å².